The molecule has 2 heterocycles. The SMILES string of the molecule is C[C@H](SC1NNCN1C)C1CCCC(NC(=O)C2CC(Cl)CC(C(F)(F)F)N2)C1. The summed E-state index contributed by atoms with van der Waals surface area (Å²) >= 11 is 7.88. The van der Waals surface area contributed by atoms with Gasteiger partial charge in [-0.05, 0) is 45.1 Å². The van der Waals surface area contributed by atoms with Crippen molar-refractivity contribution in [1.29, 1.82) is 0 Å². The fourth-order valence-electron chi connectivity index (χ4n) is 4.39. The van der Waals surface area contributed by atoms with E-state index in [0.717, 1.165) is 32.4 Å². The highest BCUT2D eigenvalue weighted by molar-refractivity contribution is 8.00. The van der Waals surface area contributed by atoms with Crippen LogP contribution in [0.4, 0.5) is 13.2 Å². The molecule has 0 spiro atoms. The number of halogens is 4. The van der Waals surface area contributed by atoms with E-state index >= 15 is 0 Å². The van der Waals surface area contributed by atoms with E-state index in [0.29, 0.717) is 11.2 Å². The highest BCUT2D eigenvalue weighted by atomic mass is 35.5. The van der Waals surface area contributed by atoms with Gasteiger partial charge >= 0.3 is 6.18 Å². The Labute approximate surface area is 179 Å². The van der Waals surface area contributed by atoms with Crippen molar-refractivity contribution < 1.29 is 18.0 Å². The topological polar surface area (TPSA) is 68.4 Å². The van der Waals surface area contributed by atoms with Crippen LogP contribution < -0.4 is 21.5 Å². The minimum atomic E-state index is -4.40. The second-order valence-electron chi connectivity index (χ2n) is 8.44. The Morgan fingerprint density at radius 2 is 2.03 bits per heavy atom. The maximum atomic E-state index is 13.1. The minimum Gasteiger partial charge on any atom is -0.352 e. The zero-order valence-corrected chi connectivity index (χ0v) is 18.3. The summed E-state index contributed by atoms with van der Waals surface area (Å²) in [5, 5.41) is 5.20. The van der Waals surface area contributed by atoms with E-state index in [9.17, 15) is 18.0 Å². The van der Waals surface area contributed by atoms with E-state index in [1.807, 2.05) is 11.8 Å². The zero-order chi connectivity index (χ0) is 21.2. The molecule has 1 amide bonds. The molecule has 0 bridgehead atoms. The van der Waals surface area contributed by atoms with E-state index in [1.165, 1.54) is 0 Å². The summed E-state index contributed by atoms with van der Waals surface area (Å²) < 4.78 is 39.2. The van der Waals surface area contributed by atoms with Gasteiger partial charge in [0.2, 0.25) is 5.91 Å². The number of thioether (sulfide) groups is 1. The van der Waals surface area contributed by atoms with Crippen molar-refractivity contribution in [3.8, 4) is 0 Å². The van der Waals surface area contributed by atoms with Crippen LogP contribution in [0.1, 0.15) is 45.4 Å². The molecule has 6 nitrogen and oxygen atoms in total. The maximum absolute atomic E-state index is 13.1. The largest absolute Gasteiger partial charge is 0.403 e. The molecule has 1 saturated carbocycles. The molecule has 2 aliphatic heterocycles. The molecule has 0 aromatic carbocycles. The first kappa shape index (κ1) is 23.4. The van der Waals surface area contributed by atoms with Gasteiger partial charge in [0.05, 0.1) is 12.7 Å². The third-order valence-corrected chi connectivity index (χ3v) is 8.03. The Hall–Kier alpha value is -0.260. The molecule has 6 unspecified atom stereocenters. The molecule has 7 atom stereocenters. The van der Waals surface area contributed by atoms with Crippen LogP contribution in [-0.4, -0.2) is 65.0 Å². The number of hydrazine groups is 1. The number of nitrogens with zero attached hydrogens (tertiary/aromatic N) is 1. The van der Waals surface area contributed by atoms with Gasteiger partial charge in [-0.3, -0.25) is 15.0 Å². The number of piperidine rings is 1. The van der Waals surface area contributed by atoms with Gasteiger partial charge in [-0.25, -0.2) is 10.9 Å². The van der Waals surface area contributed by atoms with Crippen LogP contribution in [-0.2, 0) is 4.79 Å². The van der Waals surface area contributed by atoms with Crippen LogP contribution in [0.15, 0.2) is 0 Å². The average molecular weight is 458 g/mol. The Bertz CT molecular complexity index is 572. The van der Waals surface area contributed by atoms with Crippen LogP contribution in [0.3, 0.4) is 0 Å². The van der Waals surface area contributed by atoms with Gasteiger partial charge < -0.3 is 5.32 Å². The quantitative estimate of drug-likeness (QED) is 0.475. The molecule has 11 heteroatoms. The second kappa shape index (κ2) is 9.91. The summed E-state index contributed by atoms with van der Waals surface area (Å²) in [4.78, 5) is 14.8. The summed E-state index contributed by atoms with van der Waals surface area (Å²) in [5.74, 6) is 0.0924. The average Bonchev–Trinajstić information content (AvgIpc) is 3.05. The third kappa shape index (κ3) is 6.36. The van der Waals surface area contributed by atoms with Crippen molar-refractivity contribution in [1.82, 2.24) is 26.4 Å². The number of carbonyl (C=O) groups excluding carboxylic acids is 1. The predicted molar refractivity (Wildman–Crippen MR) is 109 cm³/mol. The molecular weight excluding hydrogens is 427 g/mol. The van der Waals surface area contributed by atoms with Crippen LogP contribution in [0.2, 0.25) is 0 Å². The molecule has 0 aromatic heterocycles. The lowest BCUT2D eigenvalue weighted by molar-refractivity contribution is -0.164. The normalized spacial score (nSPS) is 38.0. The molecule has 3 fully saturated rings. The number of alkyl halides is 4. The van der Waals surface area contributed by atoms with Gasteiger partial charge in [0, 0.05) is 16.7 Å². The lowest BCUT2D eigenvalue weighted by Gasteiger charge is -2.37. The summed E-state index contributed by atoms with van der Waals surface area (Å²) in [6, 6.07) is -2.62. The van der Waals surface area contributed by atoms with E-state index in [1.54, 1.807) is 0 Å². The zero-order valence-electron chi connectivity index (χ0n) is 16.8. The van der Waals surface area contributed by atoms with Gasteiger partial charge in [-0.1, -0.05) is 13.3 Å². The first-order valence-electron chi connectivity index (χ1n) is 10.2. The van der Waals surface area contributed by atoms with Crippen LogP contribution in [0.25, 0.3) is 0 Å². The van der Waals surface area contributed by atoms with Crippen molar-refractivity contribution >= 4 is 29.3 Å². The number of hydrogen-bond donors (Lipinski definition) is 4. The molecule has 2 saturated heterocycles. The Balaban J connectivity index is 1.51. The van der Waals surface area contributed by atoms with E-state index < -0.39 is 23.6 Å². The minimum absolute atomic E-state index is 0.00136. The number of hydrogen-bond acceptors (Lipinski definition) is 6. The molecule has 4 N–H and O–H groups in total. The monoisotopic (exact) mass is 457 g/mol. The summed E-state index contributed by atoms with van der Waals surface area (Å²) in [7, 11) is 2.05. The first-order chi connectivity index (χ1) is 13.6. The van der Waals surface area contributed by atoms with Gasteiger partial charge in [0.1, 0.15) is 11.5 Å². The fraction of sp³-hybridized carbons (Fsp3) is 0.944. The van der Waals surface area contributed by atoms with Gasteiger partial charge in [-0.15, -0.1) is 23.4 Å². The van der Waals surface area contributed by atoms with Crippen molar-refractivity contribution in [2.45, 2.75) is 85.9 Å². The molecular formula is C18H31ClF3N5OS. The van der Waals surface area contributed by atoms with Crippen LogP contribution in [0, 0.1) is 5.92 Å². The Morgan fingerprint density at radius 1 is 1.28 bits per heavy atom. The van der Waals surface area contributed by atoms with E-state index in [4.69, 9.17) is 11.6 Å². The highest BCUT2D eigenvalue weighted by Crippen LogP contribution is 2.35. The standard InChI is InChI=1S/C18H31ClF3N5OS/c1-10(29-17-26-23-9-27(17)2)11-4-3-5-13(6-11)24-16(28)14-7-12(19)8-15(25-14)18(20,21)22/h10-15,17,23,25-26H,3-9H2,1-2H3,(H,24,28)/t10-,11?,12?,13?,14?,15?,17?/m0/s1. The molecule has 1 aliphatic carbocycles. The van der Waals surface area contributed by atoms with Crippen molar-refractivity contribution in [3.05, 3.63) is 0 Å². The predicted octanol–water partition coefficient (Wildman–Crippen LogP) is 2.35. The maximum Gasteiger partial charge on any atom is 0.403 e. The molecule has 0 radical (unpaired) electrons. The molecule has 0 aromatic rings. The Kier molecular flexibility index (Phi) is 8.00. The molecule has 3 rings (SSSR count). The van der Waals surface area contributed by atoms with Crippen molar-refractivity contribution in [2.24, 2.45) is 5.92 Å². The smallest absolute Gasteiger partial charge is 0.352 e. The lowest BCUT2D eigenvalue weighted by atomic mass is 9.83. The van der Waals surface area contributed by atoms with Gasteiger partial charge in [-0.2, -0.15) is 13.2 Å². The highest BCUT2D eigenvalue weighted by Gasteiger charge is 2.46. The summed E-state index contributed by atoms with van der Waals surface area (Å²) in [6.07, 6.45) is -0.556. The van der Waals surface area contributed by atoms with Crippen LogP contribution in [0.5, 0.6) is 0 Å². The fourth-order valence-corrected chi connectivity index (χ4v) is 6.05. The van der Waals surface area contributed by atoms with E-state index in [-0.39, 0.29) is 30.3 Å². The number of amides is 1. The van der Waals surface area contributed by atoms with Gasteiger partial charge in [0.15, 0.2) is 0 Å². The van der Waals surface area contributed by atoms with Crippen LogP contribution >= 0.6 is 23.4 Å². The van der Waals surface area contributed by atoms with Crippen molar-refractivity contribution in [3.63, 3.8) is 0 Å². The Morgan fingerprint density at radius 3 is 2.69 bits per heavy atom. The third-order valence-electron chi connectivity index (χ3n) is 6.12. The lowest BCUT2D eigenvalue weighted by Crippen LogP contribution is -2.59. The molecule has 29 heavy (non-hydrogen) atoms. The summed E-state index contributed by atoms with van der Waals surface area (Å²) in [5.41, 5.74) is 6.57. The molecule has 3 aliphatic rings. The number of rotatable bonds is 5. The second-order valence-corrected chi connectivity index (χ2v) is 10.5. The first-order valence-corrected chi connectivity index (χ1v) is 11.6. The van der Waals surface area contributed by atoms with E-state index in [2.05, 4.69) is 40.4 Å². The van der Waals surface area contributed by atoms with Crippen molar-refractivity contribution in [2.75, 3.05) is 13.7 Å². The molecule has 168 valence electrons. The number of carbonyl (C=O) groups is 1. The summed E-state index contributed by atoms with van der Waals surface area (Å²) in [6.45, 7) is 3.00. The van der Waals surface area contributed by atoms with Gasteiger partial charge in [0.25, 0.3) is 0 Å². The number of nitrogens with one attached hydrogen (secondary N) is 4.